The summed E-state index contributed by atoms with van der Waals surface area (Å²) < 4.78 is 26.7. The molecule has 2 N–H and O–H groups in total. The molecule has 5 nitrogen and oxygen atoms in total. The average molecular weight is 313 g/mol. The number of rotatable bonds is 3. The summed E-state index contributed by atoms with van der Waals surface area (Å²) in [6.07, 6.45) is 2.39. The van der Waals surface area contributed by atoms with Crippen LogP contribution in [-0.4, -0.2) is 35.8 Å². The zero-order chi connectivity index (χ0) is 14.9. The van der Waals surface area contributed by atoms with Crippen LogP contribution >= 0.6 is 12.2 Å². The fourth-order valence-electron chi connectivity index (χ4n) is 2.63. The van der Waals surface area contributed by atoms with Crippen molar-refractivity contribution in [2.45, 2.75) is 25.2 Å². The van der Waals surface area contributed by atoms with E-state index in [4.69, 9.17) is 18.0 Å². The molecule has 0 aromatic carbocycles. The van der Waals surface area contributed by atoms with Gasteiger partial charge in [0.2, 0.25) is 10.0 Å². The molecule has 0 saturated carbocycles. The van der Waals surface area contributed by atoms with E-state index in [0.29, 0.717) is 30.6 Å². The molecule has 1 fully saturated rings. The van der Waals surface area contributed by atoms with Crippen molar-refractivity contribution in [2.24, 2.45) is 17.6 Å². The molecule has 2 rings (SSSR count). The Balaban J connectivity index is 2.27. The molecule has 2 unspecified atom stereocenters. The summed E-state index contributed by atoms with van der Waals surface area (Å²) in [6.45, 7) is 5.27. The Labute approximate surface area is 125 Å². The van der Waals surface area contributed by atoms with E-state index in [1.165, 1.54) is 12.3 Å². The van der Waals surface area contributed by atoms with Crippen LogP contribution in [0.25, 0.3) is 0 Å². The molecule has 1 aliphatic heterocycles. The zero-order valence-electron chi connectivity index (χ0n) is 11.6. The molecular weight excluding hydrogens is 294 g/mol. The third-order valence-electron chi connectivity index (χ3n) is 3.46. The number of hydrogen-bond donors (Lipinski definition) is 1. The molecule has 0 aliphatic carbocycles. The first kappa shape index (κ1) is 15.3. The van der Waals surface area contributed by atoms with Gasteiger partial charge in [0.05, 0.1) is 5.69 Å². The van der Waals surface area contributed by atoms with E-state index in [0.717, 1.165) is 6.42 Å². The summed E-state index contributed by atoms with van der Waals surface area (Å²) in [4.78, 5) is 4.36. The van der Waals surface area contributed by atoms with E-state index in [2.05, 4.69) is 18.8 Å². The van der Waals surface area contributed by atoms with Gasteiger partial charge in [0.1, 0.15) is 9.88 Å². The van der Waals surface area contributed by atoms with Crippen molar-refractivity contribution in [3.63, 3.8) is 0 Å². The van der Waals surface area contributed by atoms with E-state index in [9.17, 15) is 8.42 Å². The van der Waals surface area contributed by atoms with Gasteiger partial charge in [-0.3, -0.25) is 4.98 Å². The summed E-state index contributed by atoms with van der Waals surface area (Å²) >= 11 is 4.81. The van der Waals surface area contributed by atoms with Crippen LogP contribution in [0.5, 0.6) is 0 Å². The summed E-state index contributed by atoms with van der Waals surface area (Å²) in [5, 5.41) is 0. The monoisotopic (exact) mass is 313 g/mol. The van der Waals surface area contributed by atoms with Gasteiger partial charge in [0.25, 0.3) is 0 Å². The van der Waals surface area contributed by atoms with Crippen LogP contribution in [0.15, 0.2) is 23.2 Å². The summed E-state index contributed by atoms with van der Waals surface area (Å²) in [7, 11) is -3.48. The van der Waals surface area contributed by atoms with Crippen LogP contribution in [0.2, 0.25) is 0 Å². The van der Waals surface area contributed by atoms with Crippen molar-refractivity contribution in [1.82, 2.24) is 9.29 Å². The minimum absolute atomic E-state index is 0.161. The SMILES string of the molecule is CC1CC(C)CN(S(=O)(=O)c2ccc(C(N)=S)nc2)C1. The fourth-order valence-corrected chi connectivity index (χ4v) is 4.38. The van der Waals surface area contributed by atoms with Crippen molar-refractivity contribution >= 4 is 27.2 Å². The number of sulfonamides is 1. The zero-order valence-corrected chi connectivity index (χ0v) is 13.2. The molecule has 0 amide bonds. The molecule has 1 aromatic heterocycles. The maximum absolute atomic E-state index is 12.6. The minimum atomic E-state index is -3.48. The molecule has 110 valence electrons. The van der Waals surface area contributed by atoms with E-state index >= 15 is 0 Å². The predicted octanol–water partition coefficient (Wildman–Crippen LogP) is 1.38. The summed E-state index contributed by atoms with van der Waals surface area (Å²) in [5.74, 6) is 0.745. The molecule has 0 radical (unpaired) electrons. The van der Waals surface area contributed by atoms with Crippen molar-refractivity contribution in [3.8, 4) is 0 Å². The van der Waals surface area contributed by atoms with Gasteiger partial charge in [-0.25, -0.2) is 8.42 Å². The Morgan fingerprint density at radius 3 is 2.40 bits per heavy atom. The summed E-state index contributed by atoms with van der Waals surface area (Å²) in [5.41, 5.74) is 5.89. The van der Waals surface area contributed by atoms with E-state index in [1.807, 2.05) is 0 Å². The first-order valence-electron chi connectivity index (χ1n) is 6.56. The molecule has 0 spiro atoms. The van der Waals surface area contributed by atoms with Crippen LogP contribution < -0.4 is 5.73 Å². The van der Waals surface area contributed by atoms with Gasteiger partial charge in [0.15, 0.2) is 0 Å². The van der Waals surface area contributed by atoms with E-state index in [1.54, 1.807) is 10.4 Å². The van der Waals surface area contributed by atoms with Gasteiger partial charge >= 0.3 is 0 Å². The van der Waals surface area contributed by atoms with Crippen LogP contribution in [0.3, 0.4) is 0 Å². The quantitative estimate of drug-likeness (QED) is 0.853. The van der Waals surface area contributed by atoms with Crippen molar-refractivity contribution in [3.05, 3.63) is 24.0 Å². The maximum atomic E-state index is 12.6. The van der Waals surface area contributed by atoms with Crippen molar-refractivity contribution in [2.75, 3.05) is 13.1 Å². The van der Waals surface area contributed by atoms with Crippen LogP contribution in [0.4, 0.5) is 0 Å². The topological polar surface area (TPSA) is 76.3 Å². The molecule has 0 bridgehead atoms. The first-order valence-corrected chi connectivity index (χ1v) is 8.41. The van der Waals surface area contributed by atoms with Gasteiger partial charge in [-0.2, -0.15) is 4.31 Å². The number of piperidine rings is 1. The molecule has 2 heterocycles. The molecule has 2 atom stereocenters. The van der Waals surface area contributed by atoms with Crippen molar-refractivity contribution in [1.29, 1.82) is 0 Å². The lowest BCUT2D eigenvalue weighted by Gasteiger charge is -2.33. The van der Waals surface area contributed by atoms with E-state index < -0.39 is 10.0 Å². The minimum Gasteiger partial charge on any atom is -0.388 e. The molecule has 20 heavy (non-hydrogen) atoms. The Kier molecular flexibility index (Phi) is 4.41. The maximum Gasteiger partial charge on any atom is 0.244 e. The highest BCUT2D eigenvalue weighted by atomic mass is 32.2. The normalized spacial score (nSPS) is 24.5. The molecule has 1 aromatic rings. The second-order valence-electron chi connectivity index (χ2n) is 5.51. The largest absolute Gasteiger partial charge is 0.388 e. The number of aromatic nitrogens is 1. The summed E-state index contributed by atoms with van der Waals surface area (Å²) in [6, 6.07) is 3.06. The van der Waals surface area contributed by atoms with Gasteiger partial charge in [-0.15, -0.1) is 0 Å². The highest BCUT2D eigenvalue weighted by molar-refractivity contribution is 7.89. The number of nitrogens with two attached hydrogens (primary N) is 1. The Bertz CT molecular complexity index is 589. The molecule has 7 heteroatoms. The number of nitrogens with zero attached hydrogens (tertiary/aromatic N) is 2. The molecule has 1 saturated heterocycles. The lowest BCUT2D eigenvalue weighted by atomic mass is 9.94. The van der Waals surface area contributed by atoms with Crippen molar-refractivity contribution < 1.29 is 8.42 Å². The number of hydrogen-bond acceptors (Lipinski definition) is 4. The Morgan fingerprint density at radius 2 is 1.95 bits per heavy atom. The second-order valence-corrected chi connectivity index (χ2v) is 7.89. The first-order chi connectivity index (χ1) is 9.30. The van der Waals surface area contributed by atoms with Crippen LogP contribution in [-0.2, 0) is 10.0 Å². The number of thiocarbonyl (C=S) groups is 1. The van der Waals surface area contributed by atoms with Gasteiger partial charge in [-0.1, -0.05) is 26.1 Å². The van der Waals surface area contributed by atoms with E-state index in [-0.39, 0.29) is 9.88 Å². The third kappa shape index (κ3) is 3.16. The molecular formula is C13H19N3O2S2. The highest BCUT2D eigenvalue weighted by Gasteiger charge is 2.31. The Morgan fingerprint density at radius 1 is 1.35 bits per heavy atom. The second kappa shape index (κ2) is 5.75. The standard InChI is InChI=1S/C13H19N3O2S2/c1-9-5-10(2)8-16(7-9)20(17,18)11-3-4-12(13(14)19)15-6-11/h3-4,6,9-10H,5,7-8H2,1-2H3,(H2,14,19). The molecule has 1 aliphatic rings. The van der Waals surface area contributed by atoms with Crippen LogP contribution in [0.1, 0.15) is 26.0 Å². The van der Waals surface area contributed by atoms with Crippen LogP contribution in [0, 0.1) is 11.8 Å². The lowest BCUT2D eigenvalue weighted by molar-refractivity contribution is 0.222. The fraction of sp³-hybridized carbons (Fsp3) is 0.538. The highest BCUT2D eigenvalue weighted by Crippen LogP contribution is 2.26. The van der Waals surface area contributed by atoms with Gasteiger partial charge in [0, 0.05) is 19.3 Å². The van der Waals surface area contributed by atoms with Gasteiger partial charge in [-0.05, 0) is 30.4 Å². The van der Waals surface area contributed by atoms with Gasteiger partial charge < -0.3 is 5.73 Å². The average Bonchev–Trinajstić information content (AvgIpc) is 2.37. The Hall–Kier alpha value is -1.05. The lowest BCUT2D eigenvalue weighted by Crippen LogP contribution is -2.42. The predicted molar refractivity (Wildman–Crippen MR) is 81.8 cm³/mol. The smallest absolute Gasteiger partial charge is 0.244 e. The number of pyridine rings is 1. The third-order valence-corrected chi connectivity index (χ3v) is 5.49.